The molecule has 21 heavy (non-hydrogen) atoms. The standard InChI is InChI=1S/C14H15N5S2/c1-2-4-10(3-1)13-17-11(8-21-13)7-19-9-16-12(18-19)14-15-5-6-20-14/h5-6,8-10H,1-4,7H2. The van der Waals surface area contributed by atoms with Crippen molar-refractivity contribution in [3.05, 3.63) is 34.0 Å². The lowest BCUT2D eigenvalue weighted by atomic mass is 10.1. The molecule has 0 bridgehead atoms. The second kappa shape index (κ2) is 5.65. The Balaban J connectivity index is 1.48. The second-order valence-corrected chi connectivity index (χ2v) is 7.05. The average molecular weight is 317 g/mol. The lowest BCUT2D eigenvalue weighted by Crippen LogP contribution is -2.01. The SMILES string of the molecule is c1csc(-c2ncn(Cc3csc(C4CCCC4)n3)n2)n1. The van der Waals surface area contributed by atoms with Crippen LogP contribution in [0.5, 0.6) is 0 Å². The molecule has 3 heterocycles. The molecule has 7 heteroatoms. The normalized spacial score (nSPS) is 15.8. The minimum atomic E-state index is 0.682. The number of nitrogens with zero attached hydrogens (tertiary/aromatic N) is 5. The van der Waals surface area contributed by atoms with Gasteiger partial charge >= 0.3 is 0 Å². The summed E-state index contributed by atoms with van der Waals surface area (Å²) in [7, 11) is 0. The minimum Gasteiger partial charge on any atom is -0.246 e. The molecule has 0 N–H and O–H groups in total. The fourth-order valence-corrected chi connectivity index (χ4v) is 4.28. The highest BCUT2D eigenvalue weighted by molar-refractivity contribution is 7.13. The van der Waals surface area contributed by atoms with E-state index in [1.54, 1.807) is 35.2 Å². The van der Waals surface area contributed by atoms with Gasteiger partial charge in [0.15, 0.2) is 5.01 Å². The Kier molecular flexibility index (Phi) is 3.52. The third-order valence-electron chi connectivity index (χ3n) is 3.76. The van der Waals surface area contributed by atoms with Crippen molar-refractivity contribution < 1.29 is 0 Å². The van der Waals surface area contributed by atoms with Crippen molar-refractivity contribution in [1.82, 2.24) is 24.7 Å². The average Bonchev–Trinajstić information content (AvgIpc) is 3.28. The first kappa shape index (κ1) is 13.1. The van der Waals surface area contributed by atoms with Gasteiger partial charge in [-0.25, -0.2) is 19.6 Å². The third-order valence-corrected chi connectivity index (χ3v) is 5.58. The largest absolute Gasteiger partial charge is 0.246 e. The summed E-state index contributed by atoms with van der Waals surface area (Å²) in [5, 5.41) is 10.7. The molecule has 0 aromatic carbocycles. The minimum absolute atomic E-state index is 0.682. The van der Waals surface area contributed by atoms with Crippen LogP contribution in [-0.2, 0) is 6.54 Å². The number of hydrogen-bond acceptors (Lipinski definition) is 6. The van der Waals surface area contributed by atoms with E-state index in [-0.39, 0.29) is 0 Å². The Hall–Kier alpha value is -1.60. The first-order valence-corrected chi connectivity index (χ1v) is 8.88. The molecule has 0 radical (unpaired) electrons. The monoisotopic (exact) mass is 317 g/mol. The molecule has 0 aliphatic heterocycles. The van der Waals surface area contributed by atoms with Gasteiger partial charge in [-0.3, -0.25) is 0 Å². The molecule has 0 amide bonds. The lowest BCUT2D eigenvalue weighted by molar-refractivity contribution is 0.662. The van der Waals surface area contributed by atoms with Gasteiger partial charge in [0.25, 0.3) is 0 Å². The molecule has 0 saturated heterocycles. The van der Waals surface area contributed by atoms with Crippen LogP contribution >= 0.6 is 22.7 Å². The molecule has 108 valence electrons. The summed E-state index contributed by atoms with van der Waals surface area (Å²) in [5.41, 5.74) is 1.08. The van der Waals surface area contributed by atoms with Gasteiger partial charge in [-0.1, -0.05) is 12.8 Å². The highest BCUT2D eigenvalue weighted by Gasteiger charge is 2.20. The zero-order valence-corrected chi connectivity index (χ0v) is 13.1. The number of rotatable bonds is 4. The molecule has 3 aromatic rings. The first-order chi connectivity index (χ1) is 10.4. The second-order valence-electron chi connectivity index (χ2n) is 5.26. The summed E-state index contributed by atoms with van der Waals surface area (Å²) in [6.07, 6.45) is 8.81. The summed E-state index contributed by atoms with van der Waals surface area (Å²) >= 11 is 3.34. The van der Waals surface area contributed by atoms with Crippen molar-refractivity contribution in [2.75, 3.05) is 0 Å². The maximum Gasteiger partial charge on any atom is 0.210 e. The maximum absolute atomic E-state index is 4.78. The van der Waals surface area contributed by atoms with Crippen molar-refractivity contribution >= 4 is 22.7 Å². The quantitative estimate of drug-likeness (QED) is 0.738. The first-order valence-electron chi connectivity index (χ1n) is 7.12. The topological polar surface area (TPSA) is 56.5 Å². The molecule has 4 rings (SSSR count). The van der Waals surface area contributed by atoms with E-state index in [9.17, 15) is 0 Å². The third kappa shape index (κ3) is 2.75. The van der Waals surface area contributed by atoms with E-state index in [2.05, 4.69) is 20.4 Å². The van der Waals surface area contributed by atoms with Crippen LogP contribution in [0.1, 0.15) is 42.3 Å². The van der Waals surface area contributed by atoms with Gasteiger partial charge in [-0.05, 0) is 12.8 Å². The summed E-state index contributed by atoms with van der Waals surface area (Å²) in [4.78, 5) is 13.3. The fourth-order valence-electron chi connectivity index (χ4n) is 2.72. The smallest absolute Gasteiger partial charge is 0.210 e. The zero-order valence-electron chi connectivity index (χ0n) is 11.5. The van der Waals surface area contributed by atoms with Crippen LogP contribution in [0, 0.1) is 0 Å². The van der Waals surface area contributed by atoms with Crippen LogP contribution in [0.25, 0.3) is 10.8 Å². The molecule has 3 aromatic heterocycles. The van der Waals surface area contributed by atoms with Crippen LogP contribution in [0.3, 0.4) is 0 Å². The van der Waals surface area contributed by atoms with Crippen LogP contribution in [0.15, 0.2) is 23.3 Å². The number of aromatic nitrogens is 5. The Morgan fingerprint density at radius 1 is 1.19 bits per heavy atom. The van der Waals surface area contributed by atoms with Crippen LogP contribution in [-0.4, -0.2) is 24.7 Å². The highest BCUT2D eigenvalue weighted by atomic mass is 32.1. The van der Waals surface area contributed by atoms with Gasteiger partial charge in [-0.15, -0.1) is 27.8 Å². The van der Waals surface area contributed by atoms with Gasteiger partial charge in [0, 0.05) is 22.9 Å². The molecular weight excluding hydrogens is 302 g/mol. The Morgan fingerprint density at radius 2 is 2.10 bits per heavy atom. The van der Waals surface area contributed by atoms with E-state index in [0.29, 0.717) is 18.3 Å². The molecule has 0 atom stereocenters. The number of thiazole rings is 2. The van der Waals surface area contributed by atoms with Crippen molar-refractivity contribution in [2.45, 2.75) is 38.1 Å². The Bertz CT molecular complexity index is 709. The molecular formula is C14H15N5S2. The van der Waals surface area contributed by atoms with Crippen molar-refractivity contribution in [3.8, 4) is 10.8 Å². The van der Waals surface area contributed by atoms with Gasteiger partial charge in [0.05, 0.1) is 17.2 Å². The van der Waals surface area contributed by atoms with Crippen molar-refractivity contribution in [2.24, 2.45) is 0 Å². The Labute approximate surface area is 130 Å². The summed E-state index contributed by atoms with van der Waals surface area (Å²) in [6.45, 7) is 0.682. The predicted molar refractivity (Wildman–Crippen MR) is 83.6 cm³/mol. The van der Waals surface area contributed by atoms with E-state index in [1.807, 2.05) is 10.1 Å². The van der Waals surface area contributed by atoms with Gasteiger partial charge in [-0.2, -0.15) is 0 Å². The molecule has 1 aliphatic rings. The van der Waals surface area contributed by atoms with Gasteiger partial charge < -0.3 is 0 Å². The van der Waals surface area contributed by atoms with Crippen LogP contribution in [0.4, 0.5) is 0 Å². The molecule has 0 spiro atoms. The molecule has 0 unspecified atom stereocenters. The number of hydrogen-bond donors (Lipinski definition) is 0. The molecule has 1 aliphatic carbocycles. The van der Waals surface area contributed by atoms with Crippen molar-refractivity contribution in [3.63, 3.8) is 0 Å². The highest BCUT2D eigenvalue weighted by Crippen LogP contribution is 2.35. The van der Waals surface area contributed by atoms with E-state index < -0.39 is 0 Å². The fraction of sp³-hybridized carbons (Fsp3) is 0.429. The Morgan fingerprint density at radius 3 is 2.90 bits per heavy atom. The van der Waals surface area contributed by atoms with Gasteiger partial charge in [0.2, 0.25) is 5.82 Å². The van der Waals surface area contributed by atoms with Crippen LogP contribution in [0.2, 0.25) is 0 Å². The van der Waals surface area contributed by atoms with Crippen molar-refractivity contribution in [1.29, 1.82) is 0 Å². The molecule has 1 saturated carbocycles. The van der Waals surface area contributed by atoms with Gasteiger partial charge in [0.1, 0.15) is 6.33 Å². The summed E-state index contributed by atoms with van der Waals surface area (Å²) < 4.78 is 1.84. The molecule has 5 nitrogen and oxygen atoms in total. The van der Waals surface area contributed by atoms with E-state index in [1.165, 1.54) is 30.7 Å². The summed E-state index contributed by atoms with van der Waals surface area (Å²) in [6, 6.07) is 0. The zero-order chi connectivity index (χ0) is 14.1. The van der Waals surface area contributed by atoms with E-state index >= 15 is 0 Å². The lowest BCUT2D eigenvalue weighted by Gasteiger charge is -2.02. The predicted octanol–water partition coefficient (Wildman–Crippen LogP) is 3.56. The van der Waals surface area contributed by atoms with Crippen LogP contribution < -0.4 is 0 Å². The van der Waals surface area contributed by atoms with E-state index in [0.717, 1.165) is 10.7 Å². The maximum atomic E-state index is 4.78. The van der Waals surface area contributed by atoms with E-state index in [4.69, 9.17) is 4.98 Å². The summed E-state index contributed by atoms with van der Waals surface area (Å²) in [5.74, 6) is 1.38. The molecule has 1 fully saturated rings.